The molecule has 1 heterocycles. The average molecular weight is 288 g/mol. The molecule has 0 amide bonds. The van der Waals surface area contributed by atoms with Crippen LogP contribution in [-0.4, -0.2) is 11.7 Å². The summed E-state index contributed by atoms with van der Waals surface area (Å²) in [6.45, 7) is 3.84. The number of rotatable bonds is 2. The molecular formula is C17H18ClNO. The van der Waals surface area contributed by atoms with E-state index in [0.717, 1.165) is 24.9 Å². The Morgan fingerprint density at radius 3 is 2.90 bits per heavy atom. The van der Waals surface area contributed by atoms with Gasteiger partial charge in [0.15, 0.2) is 0 Å². The second-order valence-corrected chi connectivity index (χ2v) is 5.87. The second-order valence-electron chi connectivity index (χ2n) is 5.43. The van der Waals surface area contributed by atoms with E-state index in [2.05, 4.69) is 30.0 Å². The molecule has 0 radical (unpaired) electrons. The van der Waals surface area contributed by atoms with Gasteiger partial charge in [0, 0.05) is 29.4 Å². The number of fused-ring (bicyclic) bond motifs is 1. The van der Waals surface area contributed by atoms with Crippen LogP contribution in [0.25, 0.3) is 0 Å². The summed E-state index contributed by atoms with van der Waals surface area (Å²) in [6, 6.07) is 11.8. The lowest BCUT2D eigenvalue weighted by molar-refractivity contribution is 0.466. The van der Waals surface area contributed by atoms with Gasteiger partial charge in [-0.25, -0.2) is 0 Å². The Labute approximate surface area is 124 Å². The highest BCUT2D eigenvalue weighted by molar-refractivity contribution is 6.30. The molecule has 0 atom stereocenters. The van der Waals surface area contributed by atoms with Crippen LogP contribution in [-0.2, 0) is 13.0 Å². The molecule has 3 heteroatoms. The maximum absolute atomic E-state index is 9.97. The summed E-state index contributed by atoms with van der Waals surface area (Å²) in [5, 5.41) is 10.6. The Morgan fingerprint density at radius 1 is 1.20 bits per heavy atom. The van der Waals surface area contributed by atoms with Gasteiger partial charge in [-0.2, -0.15) is 0 Å². The van der Waals surface area contributed by atoms with Crippen molar-refractivity contribution in [2.45, 2.75) is 26.3 Å². The van der Waals surface area contributed by atoms with E-state index in [4.69, 9.17) is 11.6 Å². The third-order valence-corrected chi connectivity index (χ3v) is 4.09. The summed E-state index contributed by atoms with van der Waals surface area (Å²) < 4.78 is 0. The fourth-order valence-corrected chi connectivity index (χ4v) is 3.05. The number of aromatic hydroxyl groups is 1. The van der Waals surface area contributed by atoms with Gasteiger partial charge >= 0.3 is 0 Å². The lowest BCUT2D eigenvalue weighted by Crippen LogP contribution is -2.28. The zero-order valence-electron chi connectivity index (χ0n) is 11.6. The highest BCUT2D eigenvalue weighted by Gasteiger charge is 2.18. The van der Waals surface area contributed by atoms with E-state index < -0.39 is 0 Å². The summed E-state index contributed by atoms with van der Waals surface area (Å²) in [5.74, 6) is 0.314. The molecule has 0 saturated carbocycles. The van der Waals surface area contributed by atoms with Crippen LogP contribution in [0.4, 0.5) is 5.69 Å². The van der Waals surface area contributed by atoms with Crippen molar-refractivity contribution in [3.63, 3.8) is 0 Å². The number of nitrogens with zero attached hydrogens (tertiary/aromatic N) is 1. The van der Waals surface area contributed by atoms with E-state index in [0.29, 0.717) is 17.3 Å². The molecule has 2 nitrogen and oxygen atoms in total. The van der Waals surface area contributed by atoms with Crippen LogP contribution in [0.3, 0.4) is 0 Å². The first-order valence-corrected chi connectivity index (χ1v) is 7.33. The van der Waals surface area contributed by atoms with Gasteiger partial charge in [-0.15, -0.1) is 0 Å². The molecule has 0 unspecified atom stereocenters. The van der Waals surface area contributed by atoms with E-state index in [-0.39, 0.29) is 0 Å². The zero-order chi connectivity index (χ0) is 14.1. The first-order chi connectivity index (χ1) is 9.63. The van der Waals surface area contributed by atoms with Gasteiger partial charge in [0.25, 0.3) is 0 Å². The Balaban J connectivity index is 1.91. The minimum atomic E-state index is 0.314. The predicted molar refractivity (Wildman–Crippen MR) is 83.7 cm³/mol. The summed E-state index contributed by atoms with van der Waals surface area (Å²) in [5.41, 5.74) is 4.86. The van der Waals surface area contributed by atoms with Gasteiger partial charge in [0.1, 0.15) is 5.75 Å². The lowest BCUT2D eigenvalue weighted by atomic mass is 9.99. The predicted octanol–water partition coefficient (Wildman–Crippen LogP) is 4.31. The Bertz CT molecular complexity index is 639. The quantitative estimate of drug-likeness (QED) is 0.890. The number of hydrogen-bond donors (Lipinski definition) is 1. The Kier molecular flexibility index (Phi) is 3.58. The summed E-state index contributed by atoms with van der Waals surface area (Å²) in [4.78, 5) is 2.32. The monoisotopic (exact) mass is 287 g/mol. The van der Waals surface area contributed by atoms with E-state index in [1.807, 2.05) is 6.07 Å². The molecule has 0 aromatic heterocycles. The summed E-state index contributed by atoms with van der Waals surface area (Å²) >= 11 is 6.03. The first-order valence-electron chi connectivity index (χ1n) is 6.95. The second kappa shape index (κ2) is 5.37. The zero-order valence-corrected chi connectivity index (χ0v) is 12.3. The standard InChI is InChI=1S/C17H18ClNO/c1-12-4-6-16-13(9-12)3-2-8-19(16)11-14-10-15(18)5-7-17(14)20/h4-7,9-10,20H,2-3,8,11H2,1H3. The SMILES string of the molecule is Cc1ccc2c(c1)CCCN2Cc1cc(Cl)ccc1O. The van der Waals surface area contributed by atoms with E-state index in [1.165, 1.54) is 16.8 Å². The van der Waals surface area contributed by atoms with Crippen LogP contribution in [0.2, 0.25) is 5.02 Å². The van der Waals surface area contributed by atoms with Crippen molar-refractivity contribution in [1.82, 2.24) is 0 Å². The Hall–Kier alpha value is -1.67. The molecule has 104 valence electrons. The number of halogens is 1. The molecular weight excluding hydrogens is 270 g/mol. The average Bonchev–Trinajstić information content (AvgIpc) is 2.43. The van der Waals surface area contributed by atoms with E-state index >= 15 is 0 Å². The maximum atomic E-state index is 9.97. The van der Waals surface area contributed by atoms with Crippen molar-refractivity contribution in [2.75, 3.05) is 11.4 Å². The van der Waals surface area contributed by atoms with E-state index in [9.17, 15) is 5.11 Å². The van der Waals surface area contributed by atoms with Gasteiger partial charge in [-0.05, 0) is 49.6 Å². The number of hydrogen-bond acceptors (Lipinski definition) is 2. The van der Waals surface area contributed by atoms with Crippen LogP contribution in [0.15, 0.2) is 36.4 Å². The van der Waals surface area contributed by atoms with Gasteiger partial charge in [-0.3, -0.25) is 0 Å². The molecule has 0 bridgehead atoms. The molecule has 3 rings (SSSR count). The first kappa shape index (κ1) is 13.3. The minimum absolute atomic E-state index is 0.314. The van der Waals surface area contributed by atoms with Crippen molar-refractivity contribution in [1.29, 1.82) is 0 Å². The van der Waals surface area contributed by atoms with Gasteiger partial charge in [-0.1, -0.05) is 29.3 Å². The molecule has 2 aromatic carbocycles. The molecule has 0 aliphatic carbocycles. The minimum Gasteiger partial charge on any atom is -0.508 e. The third-order valence-electron chi connectivity index (χ3n) is 3.85. The highest BCUT2D eigenvalue weighted by atomic mass is 35.5. The highest BCUT2D eigenvalue weighted by Crippen LogP contribution is 2.31. The fraction of sp³-hybridized carbons (Fsp3) is 0.294. The molecule has 0 saturated heterocycles. The molecule has 1 aliphatic rings. The molecule has 1 N–H and O–H groups in total. The van der Waals surface area contributed by atoms with Crippen LogP contribution >= 0.6 is 11.6 Å². The van der Waals surface area contributed by atoms with Gasteiger partial charge in [0.05, 0.1) is 0 Å². The molecule has 0 spiro atoms. The van der Waals surface area contributed by atoms with Crippen molar-refractivity contribution < 1.29 is 5.11 Å². The maximum Gasteiger partial charge on any atom is 0.120 e. The van der Waals surface area contributed by atoms with Crippen LogP contribution in [0.5, 0.6) is 5.75 Å². The number of benzene rings is 2. The third kappa shape index (κ3) is 2.61. The number of anilines is 1. The number of phenols is 1. The fourth-order valence-electron chi connectivity index (χ4n) is 2.85. The lowest BCUT2D eigenvalue weighted by Gasteiger charge is -2.32. The van der Waals surface area contributed by atoms with Crippen LogP contribution < -0.4 is 4.90 Å². The van der Waals surface area contributed by atoms with Gasteiger partial charge in [0.2, 0.25) is 0 Å². The summed E-state index contributed by atoms with van der Waals surface area (Å²) in [7, 11) is 0. The molecule has 0 fully saturated rings. The van der Waals surface area contributed by atoms with Crippen molar-refractivity contribution >= 4 is 17.3 Å². The molecule has 20 heavy (non-hydrogen) atoms. The van der Waals surface area contributed by atoms with Crippen molar-refractivity contribution in [3.05, 3.63) is 58.1 Å². The topological polar surface area (TPSA) is 23.5 Å². The smallest absolute Gasteiger partial charge is 0.120 e. The normalized spacial score (nSPS) is 14.2. The summed E-state index contributed by atoms with van der Waals surface area (Å²) in [6.07, 6.45) is 2.28. The van der Waals surface area contributed by atoms with Crippen molar-refractivity contribution in [2.24, 2.45) is 0 Å². The van der Waals surface area contributed by atoms with Gasteiger partial charge < -0.3 is 10.0 Å². The number of phenolic OH excluding ortho intramolecular Hbond substituents is 1. The van der Waals surface area contributed by atoms with Crippen LogP contribution in [0, 0.1) is 6.92 Å². The van der Waals surface area contributed by atoms with E-state index in [1.54, 1.807) is 12.1 Å². The largest absolute Gasteiger partial charge is 0.508 e. The van der Waals surface area contributed by atoms with Crippen LogP contribution in [0.1, 0.15) is 23.1 Å². The Morgan fingerprint density at radius 2 is 2.05 bits per heavy atom. The van der Waals surface area contributed by atoms with Crippen molar-refractivity contribution in [3.8, 4) is 5.75 Å². The molecule has 1 aliphatic heterocycles. The molecule has 2 aromatic rings. The number of aryl methyl sites for hydroxylation is 2.